The molecule has 0 bridgehead atoms. The maximum absolute atomic E-state index is 11.2. The monoisotopic (exact) mass is 227 g/mol. The van der Waals surface area contributed by atoms with Gasteiger partial charge in [0.1, 0.15) is 5.82 Å². The topological polar surface area (TPSA) is 72.0 Å². The molecule has 1 atom stereocenters. The third kappa shape index (κ3) is 2.89. The van der Waals surface area contributed by atoms with Crippen LogP contribution in [0.25, 0.3) is 0 Å². The third-order valence-corrected chi connectivity index (χ3v) is 4.31. The Morgan fingerprint density at radius 2 is 2.40 bits per heavy atom. The Balaban J connectivity index is 1.85. The van der Waals surface area contributed by atoms with E-state index in [1.54, 1.807) is 12.3 Å². The molecule has 0 aromatic carbocycles. The summed E-state index contributed by atoms with van der Waals surface area (Å²) < 4.78 is 22.4. The predicted octanol–water partition coefficient (Wildman–Crippen LogP) is 0.323. The molecule has 1 aliphatic rings. The van der Waals surface area contributed by atoms with Crippen LogP contribution in [-0.4, -0.2) is 36.7 Å². The maximum Gasteiger partial charge on any atom is 0.150 e. The molecule has 5 nitrogen and oxygen atoms in total. The van der Waals surface area contributed by atoms with Crippen molar-refractivity contribution < 1.29 is 8.42 Å². The zero-order valence-electron chi connectivity index (χ0n) is 8.26. The average Bonchev–Trinajstić information content (AvgIpc) is 2.57. The van der Waals surface area contributed by atoms with Gasteiger partial charge in [-0.05, 0) is 24.5 Å². The van der Waals surface area contributed by atoms with Crippen LogP contribution in [-0.2, 0) is 9.84 Å². The molecule has 1 aromatic heterocycles. The summed E-state index contributed by atoms with van der Waals surface area (Å²) in [5.74, 6) is 1.51. The highest BCUT2D eigenvalue weighted by Crippen LogP contribution is 2.18. The number of rotatable bonds is 3. The molecule has 6 heteroatoms. The maximum atomic E-state index is 11.2. The molecule has 0 saturated carbocycles. The van der Waals surface area contributed by atoms with Gasteiger partial charge in [0.2, 0.25) is 0 Å². The van der Waals surface area contributed by atoms with Gasteiger partial charge in [0.05, 0.1) is 11.5 Å². The molecule has 2 heterocycles. The van der Waals surface area contributed by atoms with E-state index in [-0.39, 0.29) is 5.92 Å². The zero-order valence-corrected chi connectivity index (χ0v) is 9.07. The van der Waals surface area contributed by atoms with Gasteiger partial charge < -0.3 is 5.32 Å². The third-order valence-electron chi connectivity index (χ3n) is 2.47. The Morgan fingerprint density at radius 3 is 3.00 bits per heavy atom. The highest BCUT2D eigenvalue weighted by atomic mass is 32.2. The van der Waals surface area contributed by atoms with Crippen molar-refractivity contribution in [2.45, 2.75) is 6.42 Å². The van der Waals surface area contributed by atoms with Crippen molar-refractivity contribution in [2.75, 3.05) is 23.4 Å². The van der Waals surface area contributed by atoms with E-state index in [2.05, 4.69) is 15.5 Å². The number of aromatic nitrogens is 2. The van der Waals surface area contributed by atoms with E-state index in [1.165, 1.54) is 0 Å². The van der Waals surface area contributed by atoms with Gasteiger partial charge >= 0.3 is 0 Å². The highest BCUT2D eigenvalue weighted by molar-refractivity contribution is 7.91. The van der Waals surface area contributed by atoms with Gasteiger partial charge in [0.25, 0.3) is 0 Å². The van der Waals surface area contributed by atoms with Crippen LogP contribution in [0.4, 0.5) is 5.82 Å². The molecule has 82 valence electrons. The molecule has 0 radical (unpaired) electrons. The SMILES string of the molecule is O=S1(=O)CCC(CNc2cccnn2)C1. The molecule has 1 aliphatic heterocycles. The minimum absolute atomic E-state index is 0.206. The number of hydrogen-bond acceptors (Lipinski definition) is 5. The summed E-state index contributed by atoms with van der Waals surface area (Å²) in [7, 11) is -2.78. The Bertz CT molecular complexity index is 418. The molecule has 0 amide bonds. The first-order valence-electron chi connectivity index (χ1n) is 4.88. The summed E-state index contributed by atoms with van der Waals surface area (Å²) >= 11 is 0. The average molecular weight is 227 g/mol. The standard InChI is InChI=1S/C9H13N3O2S/c13-15(14)5-3-8(7-15)6-10-9-2-1-4-11-12-9/h1-2,4,8H,3,5-7H2,(H,10,12). The highest BCUT2D eigenvalue weighted by Gasteiger charge is 2.27. The summed E-state index contributed by atoms with van der Waals surface area (Å²) in [4.78, 5) is 0. The molecule has 1 N–H and O–H groups in total. The summed E-state index contributed by atoms with van der Waals surface area (Å²) in [5, 5.41) is 10.7. The zero-order chi connectivity index (χ0) is 10.7. The second-order valence-corrected chi connectivity index (χ2v) is 5.99. The van der Waals surface area contributed by atoms with Gasteiger partial charge in [0, 0.05) is 12.7 Å². The smallest absolute Gasteiger partial charge is 0.150 e. The molecular formula is C9H13N3O2S. The van der Waals surface area contributed by atoms with Crippen LogP contribution < -0.4 is 5.32 Å². The van der Waals surface area contributed by atoms with Gasteiger partial charge in [-0.15, -0.1) is 5.10 Å². The van der Waals surface area contributed by atoms with Crippen LogP contribution in [0.15, 0.2) is 18.3 Å². The Hall–Kier alpha value is -1.17. The van der Waals surface area contributed by atoms with E-state index in [1.807, 2.05) is 6.07 Å². The van der Waals surface area contributed by atoms with Crippen LogP contribution in [0.3, 0.4) is 0 Å². The van der Waals surface area contributed by atoms with Crippen molar-refractivity contribution in [3.05, 3.63) is 18.3 Å². The number of hydrogen-bond donors (Lipinski definition) is 1. The number of anilines is 1. The van der Waals surface area contributed by atoms with Crippen molar-refractivity contribution >= 4 is 15.7 Å². The van der Waals surface area contributed by atoms with Crippen LogP contribution >= 0.6 is 0 Å². The van der Waals surface area contributed by atoms with E-state index >= 15 is 0 Å². The van der Waals surface area contributed by atoms with Gasteiger partial charge in [0.15, 0.2) is 9.84 Å². The van der Waals surface area contributed by atoms with Gasteiger partial charge in [-0.1, -0.05) is 0 Å². The van der Waals surface area contributed by atoms with E-state index in [4.69, 9.17) is 0 Å². The summed E-state index contributed by atoms with van der Waals surface area (Å²) in [5.41, 5.74) is 0. The molecule has 2 rings (SSSR count). The molecular weight excluding hydrogens is 214 g/mol. The van der Waals surface area contributed by atoms with Gasteiger partial charge in [-0.3, -0.25) is 0 Å². The minimum atomic E-state index is -2.78. The van der Waals surface area contributed by atoms with Crippen molar-refractivity contribution in [3.8, 4) is 0 Å². The van der Waals surface area contributed by atoms with Crippen molar-refractivity contribution in [2.24, 2.45) is 5.92 Å². The van der Waals surface area contributed by atoms with E-state index in [0.29, 0.717) is 23.9 Å². The number of nitrogens with zero attached hydrogens (tertiary/aromatic N) is 2. The molecule has 1 unspecified atom stereocenters. The molecule has 0 spiro atoms. The Morgan fingerprint density at radius 1 is 1.53 bits per heavy atom. The molecule has 15 heavy (non-hydrogen) atoms. The predicted molar refractivity (Wildman–Crippen MR) is 57.3 cm³/mol. The molecule has 1 saturated heterocycles. The van der Waals surface area contributed by atoms with Crippen molar-refractivity contribution in [3.63, 3.8) is 0 Å². The summed E-state index contributed by atoms with van der Waals surface area (Å²) in [6, 6.07) is 3.61. The number of nitrogens with one attached hydrogen (secondary N) is 1. The summed E-state index contributed by atoms with van der Waals surface area (Å²) in [6.07, 6.45) is 2.35. The number of sulfone groups is 1. The van der Waals surface area contributed by atoms with Gasteiger partial charge in [-0.2, -0.15) is 5.10 Å². The van der Waals surface area contributed by atoms with Crippen LogP contribution in [0.1, 0.15) is 6.42 Å². The second kappa shape index (κ2) is 4.14. The lowest BCUT2D eigenvalue weighted by molar-refractivity contribution is 0.595. The summed E-state index contributed by atoms with van der Waals surface area (Å²) in [6.45, 7) is 0.651. The lowest BCUT2D eigenvalue weighted by Crippen LogP contribution is -2.16. The van der Waals surface area contributed by atoms with Crippen LogP contribution in [0.2, 0.25) is 0 Å². The first kappa shape index (κ1) is 10.4. The fraction of sp³-hybridized carbons (Fsp3) is 0.556. The fourth-order valence-corrected chi connectivity index (χ4v) is 3.54. The minimum Gasteiger partial charge on any atom is -0.368 e. The largest absolute Gasteiger partial charge is 0.368 e. The molecule has 0 aliphatic carbocycles. The Kier molecular flexibility index (Phi) is 2.86. The quantitative estimate of drug-likeness (QED) is 0.805. The lowest BCUT2D eigenvalue weighted by atomic mass is 10.1. The fourth-order valence-electron chi connectivity index (χ4n) is 1.68. The Labute approximate surface area is 88.8 Å². The molecule has 1 fully saturated rings. The molecule has 1 aromatic rings. The van der Waals surface area contributed by atoms with Crippen molar-refractivity contribution in [1.29, 1.82) is 0 Å². The normalized spacial score (nSPS) is 23.9. The van der Waals surface area contributed by atoms with Crippen LogP contribution in [0, 0.1) is 5.92 Å². The first-order chi connectivity index (χ1) is 7.16. The van der Waals surface area contributed by atoms with Crippen LogP contribution in [0.5, 0.6) is 0 Å². The van der Waals surface area contributed by atoms with E-state index in [0.717, 1.165) is 6.42 Å². The van der Waals surface area contributed by atoms with Gasteiger partial charge in [-0.25, -0.2) is 8.42 Å². The first-order valence-corrected chi connectivity index (χ1v) is 6.70. The van der Waals surface area contributed by atoms with Crippen molar-refractivity contribution in [1.82, 2.24) is 10.2 Å². The lowest BCUT2D eigenvalue weighted by Gasteiger charge is -2.08. The van der Waals surface area contributed by atoms with E-state index in [9.17, 15) is 8.42 Å². The van der Waals surface area contributed by atoms with E-state index < -0.39 is 9.84 Å². The second-order valence-electron chi connectivity index (χ2n) is 3.76.